The number of rotatable bonds is 7. The van der Waals surface area contributed by atoms with Crippen molar-refractivity contribution in [1.82, 2.24) is 4.90 Å². The first-order valence-electron chi connectivity index (χ1n) is 9.41. The number of hydrogen-bond donors (Lipinski definition) is 0. The van der Waals surface area contributed by atoms with Gasteiger partial charge >= 0.3 is 0 Å². The quantitative estimate of drug-likeness (QED) is 0.689. The predicted octanol–water partition coefficient (Wildman–Crippen LogP) is 3.84. The molecule has 1 aliphatic rings. The molecule has 1 atom stereocenters. The average molecular weight is 376 g/mol. The van der Waals surface area contributed by atoms with Gasteiger partial charge in [-0.25, -0.2) is 0 Å². The molecule has 1 amide bonds. The fourth-order valence-electron chi connectivity index (χ4n) is 3.50. The lowest BCUT2D eigenvalue weighted by Crippen LogP contribution is -2.35. The summed E-state index contributed by atoms with van der Waals surface area (Å²) in [5.41, 5.74) is 2.10. The first-order chi connectivity index (χ1) is 13.7. The summed E-state index contributed by atoms with van der Waals surface area (Å²) in [6.07, 6.45) is 6.37. The summed E-state index contributed by atoms with van der Waals surface area (Å²) >= 11 is 0. The van der Waals surface area contributed by atoms with Crippen molar-refractivity contribution in [3.8, 4) is 17.6 Å². The summed E-state index contributed by atoms with van der Waals surface area (Å²) in [5, 5.41) is 8.64. The number of carbonyl (C=O) groups is 1. The molecule has 0 bridgehead atoms. The van der Waals surface area contributed by atoms with E-state index in [-0.39, 0.29) is 18.6 Å². The number of nitriles is 1. The van der Waals surface area contributed by atoms with Crippen LogP contribution in [0.25, 0.3) is 6.08 Å². The summed E-state index contributed by atoms with van der Waals surface area (Å²) in [6, 6.07) is 17.9. The van der Waals surface area contributed by atoms with Crippen molar-refractivity contribution >= 4 is 12.0 Å². The van der Waals surface area contributed by atoms with Gasteiger partial charge in [0.2, 0.25) is 5.91 Å². The lowest BCUT2D eigenvalue weighted by atomic mass is 10.0. The highest BCUT2D eigenvalue weighted by Gasteiger charge is 2.27. The molecule has 28 heavy (non-hydrogen) atoms. The third-order valence-electron chi connectivity index (χ3n) is 4.87. The minimum absolute atomic E-state index is 0.0298. The molecule has 0 spiro atoms. The van der Waals surface area contributed by atoms with E-state index in [9.17, 15) is 4.79 Å². The smallest absolute Gasteiger partial charge is 0.246 e. The summed E-state index contributed by atoms with van der Waals surface area (Å²) in [5.74, 6) is 1.07. The van der Waals surface area contributed by atoms with E-state index < -0.39 is 0 Å². The van der Waals surface area contributed by atoms with Crippen LogP contribution < -0.4 is 9.47 Å². The van der Waals surface area contributed by atoms with Crippen molar-refractivity contribution in [3.05, 3.63) is 65.7 Å². The summed E-state index contributed by atoms with van der Waals surface area (Å²) in [4.78, 5) is 14.7. The van der Waals surface area contributed by atoms with E-state index in [0.29, 0.717) is 11.5 Å². The third kappa shape index (κ3) is 4.92. The molecular weight excluding hydrogens is 352 g/mol. The van der Waals surface area contributed by atoms with E-state index in [0.717, 1.165) is 31.4 Å². The number of likely N-dealkylation sites (tertiary alicyclic amines) is 1. The van der Waals surface area contributed by atoms with Crippen molar-refractivity contribution in [2.75, 3.05) is 20.3 Å². The van der Waals surface area contributed by atoms with Crippen LogP contribution in [-0.4, -0.2) is 37.1 Å². The number of methoxy groups -OCH3 is 1. The van der Waals surface area contributed by atoms with Crippen LogP contribution in [0, 0.1) is 11.3 Å². The largest absolute Gasteiger partial charge is 0.493 e. The van der Waals surface area contributed by atoms with Crippen LogP contribution in [0.3, 0.4) is 0 Å². The van der Waals surface area contributed by atoms with Gasteiger partial charge in [0, 0.05) is 18.7 Å². The van der Waals surface area contributed by atoms with Crippen LogP contribution in [0.4, 0.5) is 0 Å². The number of ether oxygens (including phenoxy) is 2. The number of hydrogen-bond acceptors (Lipinski definition) is 4. The molecule has 0 radical (unpaired) electrons. The average Bonchev–Trinajstić information content (AvgIpc) is 3.19. The number of amides is 1. The predicted molar refractivity (Wildman–Crippen MR) is 108 cm³/mol. The molecule has 2 aromatic rings. The molecule has 0 N–H and O–H groups in total. The minimum Gasteiger partial charge on any atom is -0.493 e. The van der Waals surface area contributed by atoms with Crippen molar-refractivity contribution in [3.63, 3.8) is 0 Å². The Hall–Kier alpha value is -3.26. The number of benzene rings is 2. The Labute approximate surface area is 165 Å². The molecule has 1 heterocycles. The topological polar surface area (TPSA) is 62.6 Å². The Morgan fingerprint density at radius 2 is 2.07 bits per heavy atom. The first-order valence-corrected chi connectivity index (χ1v) is 9.41. The summed E-state index contributed by atoms with van der Waals surface area (Å²) < 4.78 is 10.6. The molecule has 1 saturated heterocycles. The zero-order valence-electron chi connectivity index (χ0n) is 16.0. The van der Waals surface area contributed by atoms with Crippen molar-refractivity contribution in [2.24, 2.45) is 0 Å². The minimum atomic E-state index is -0.0399. The normalized spacial score (nSPS) is 16.1. The third-order valence-corrected chi connectivity index (χ3v) is 4.87. The van der Waals surface area contributed by atoms with Crippen LogP contribution in [0.2, 0.25) is 0 Å². The fraction of sp³-hybridized carbons (Fsp3) is 0.304. The zero-order chi connectivity index (χ0) is 19.8. The van der Waals surface area contributed by atoms with Gasteiger partial charge in [-0.05, 0) is 48.6 Å². The van der Waals surface area contributed by atoms with Crippen LogP contribution in [0.15, 0.2) is 54.6 Å². The molecular formula is C23H24N2O3. The maximum atomic E-state index is 12.7. The van der Waals surface area contributed by atoms with Crippen molar-refractivity contribution < 1.29 is 14.3 Å². The van der Waals surface area contributed by atoms with E-state index >= 15 is 0 Å². The first kappa shape index (κ1) is 19.5. The van der Waals surface area contributed by atoms with Crippen LogP contribution in [0.1, 0.15) is 24.0 Å². The maximum absolute atomic E-state index is 12.7. The van der Waals surface area contributed by atoms with E-state index in [2.05, 4.69) is 12.1 Å². The Balaban J connectivity index is 1.66. The molecule has 1 fully saturated rings. The van der Waals surface area contributed by atoms with Gasteiger partial charge in [0.15, 0.2) is 18.1 Å². The van der Waals surface area contributed by atoms with Gasteiger partial charge in [-0.1, -0.05) is 36.4 Å². The second-order valence-electron chi connectivity index (χ2n) is 6.71. The van der Waals surface area contributed by atoms with Gasteiger partial charge in [-0.15, -0.1) is 0 Å². The fourth-order valence-corrected chi connectivity index (χ4v) is 3.50. The Bertz CT molecular complexity index is 871. The highest BCUT2D eigenvalue weighted by Crippen LogP contribution is 2.28. The van der Waals surface area contributed by atoms with Crippen LogP contribution >= 0.6 is 0 Å². The molecule has 0 aromatic heterocycles. The summed E-state index contributed by atoms with van der Waals surface area (Å²) in [7, 11) is 1.55. The molecule has 144 valence electrons. The van der Waals surface area contributed by atoms with Crippen molar-refractivity contribution in [2.45, 2.75) is 25.3 Å². The molecule has 3 rings (SSSR count). The highest BCUT2D eigenvalue weighted by atomic mass is 16.5. The van der Waals surface area contributed by atoms with Crippen LogP contribution in [0.5, 0.6) is 11.5 Å². The molecule has 2 aromatic carbocycles. The van der Waals surface area contributed by atoms with Crippen LogP contribution in [-0.2, 0) is 11.2 Å². The highest BCUT2D eigenvalue weighted by molar-refractivity contribution is 5.92. The maximum Gasteiger partial charge on any atom is 0.246 e. The SMILES string of the molecule is COc1cc(/C=C/C(=O)N2CCCC2Cc2ccccc2)ccc1OCC#N. The lowest BCUT2D eigenvalue weighted by Gasteiger charge is -2.23. The molecule has 5 nitrogen and oxygen atoms in total. The zero-order valence-corrected chi connectivity index (χ0v) is 16.0. The second kappa shape index (κ2) is 9.61. The molecule has 5 heteroatoms. The van der Waals surface area contributed by atoms with Gasteiger partial charge in [-0.3, -0.25) is 4.79 Å². The monoisotopic (exact) mass is 376 g/mol. The summed E-state index contributed by atoms with van der Waals surface area (Å²) in [6.45, 7) is 0.757. The Morgan fingerprint density at radius 1 is 1.25 bits per heavy atom. The molecule has 0 aliphatic carbocycles. The molecule has 0 saturated carbocycles. The lowest BCUT2D eigenvalue weighted by molar-refractivity contribution is -0.126. The standard InChI is InChI=1S/C23H24N2O3/c1-27-22-17-19(9-11-21(22)28-15-13-24)10-12-23(26)25-14-5-8-20(25)16-18-6-3-2-4-7-18/h2-4,6-7,9-12,17,20H,5,8,14-16H2,1H3/b12-10+. The van der Waals surface area contributed by atoms with E-state index in [1.165, 1.54) is 5.56 Å². The number of nitrogens with zero attached hydrogens (tertiary/aromatic N) is 2. The Morgan fingerprint density at radius 3 is 2.82 bits per heavy atom. The van der Waals surface area contributed by atoms with Gasteiger partial charge in [0.05, 0.1) is 7.11 Å². The van der Waals surface area contributed by atoms with E-state index in [1.54, 1.807) is 31.4 Å². The van der Waals surface area contributed by atoms with Gasteiger partial charge in [0.1, 0.15) is 6.07 Å². The Kier molecular flexibility index (Phi) is 6.69. The van der Waals surface area contributed by atoms with Gasteiger partial charge in [-0.2, -0.15) is 5.26 Å². The van der Waals surface area contributed by atoms with Gasteiger partial charge in [0.25, 0.3) is 0 Å². The van der Waals surface area contributed by atoms with Crippen molar-refractivity contribution in [1.29, 1.82) is 5.26 Å². The van der Waals surface area contributed by atoms with E-state index in [1.807, 2.05) is 35.2 Å². The second-order valence-corrected chi connectivity index (χ2v) is 6.71. The number of carbonyl (C=O) groups excluding carboxylic acids is 1. The van der Waals surface area contributed by atoms with E-state index in [4.69, 9.17) is 14.7 Å². The molecule has 1 aliphatic heterocycles. The van der Waals surface area contributed by atoms with Gasteiger partial charge < -0.3 is 14.4 Å². The molecule has 1 unspecified atom stereocenters.